The van der Waals surface area contributed by atoms with Crippen molar-refractivity contribution >= 4 is 50.6 Å². The fourth-order valence-corrected chi connectivity index (χ4v) is 5.92. The minimum absolute atomic E-state index is 0.132. The lowest BCUT2D eigenvalue weighted by molar-refractivity contribution is -0.138. The summed E-state index contributed by atoms with van der Waals surface area (Å²) in [4.78, 5) is 38.1. The number of hydrogen-bond donors (Lipinski definition) is 3. The molecule has 0 bridgehead atoms. The summed E-state index contributed by atoms with van der Waals surface area (Å²) in [6.45, 7) is 6.71. The Balaban J connectivity index is 1.68. The van der Waals surface area contributed by atoms with E-state index in [0.717, 1.165) is 46.2 Å². The molecule has 2 amide bonds. The normalized spacial score (nSPS) is 15.6. The van der Waals surface area contributed by atoms with E-state index in [1.54, 1.807) is 0 Å². The van der Waals surface area contributed by atoms with Gasteiger partial charge in [-0.05, 0) is 47.6 Å². The maximum absolute atomic E-state index is 13.6. The summed E-state index contributed by atoms with van der Waals surface area (Å²) < 4.78 is 0. The van der Waals surface area contributed by atoms with Crippen LogP contribution in [-0.4, -0.2) is 22.9 Å². The van der Waals surface area contributed by atoms with Crippen molar-refractivity contribution in [3.05, 3.63) is 58.5 Å². The van der Waals surface area contributed by atoms with Crippen LogP contribution in [0.5, 0.6) is 0 Å². The number of carbonyl (C=O) groups is 3. The fraction of sp³-hybridized carbons (Fsp3) is 0.370. The number of rotatable bonds is 6. The van der Waals surface area contributed by atoms with Gasteiger partial charge < -0.3 is 15.7 Å². The molecule has 3 N–H and O–H groups in total. The number of carboxylic acid groups (broad SMARTS) is 1. The number of hydrogen-bond acceptors (Lipinski definition) is 4. The SMILES string of the molecule is CC(C)(C)C1CCc2c(sc(NC(=O)CCC(=O)O)c2C(=O)Nc2cccc3ccccc23)C1. The van der Waals surface area contributed by atoms with Gasteiger partial charge in [-0.15, -0.1) is 11.3 Å². The summed E-state index contributed by atoms with van der Waals surface area (Å²) in [7, 11) is 0. The van der Waals surface area contributed by atoms with Gasteiger partial charge in [0, 0.05) is 22.4 Å². The largest absolute Gasteiger partial charge is 0.481 e. The van der Waals surface area contributed by atoms with Crippen molar-refractivity contribution in [1.82, 2.24) is 0 Å². The van der Waals surface area contributed by atoms with E-state index in [9.17, 15) is 14.4 Å². The molecule has 0 aliphatic heterocycles. The van der Waals surface area contributed by atoms with Crippen LogP contribution < -0.4 is 10.6 Å². The first-order chi connectivity index (χ1) is 16.1. The van der Waals surface area contributed by atoms with Gasteiger partial charge in [-0.3, -0.25) is 14.4 Å². The average molecular weight is 479 g/mol. The minimum atomic E-state index is -1.03. The molecule has 1 aliphatic rings. The van der Waals surface area contributed by atoms with E-state index in [0.29, 0.717) is 16.5 Å². The third kappa shape index (κ3) is 5.14. The quantitative estimate of drug-likeness (QED) is 0.398. The van der Waals surface area contributed by atoms with Crippen LogP contribution in [0, 0.1) is 11.3 Å². The van der Waals surface area contributed by atoms with Crippen LogP contribution in [0.4, 0.5) is 10.7 Å². The molecule has 4 rings (SSSR count). The number of anilines is 2. The van der Waals surface area contributed by atoms with Gasteiger partial charge in [0.25, 0.3) is 5.91 Å². The Kier molecular flexibility index (Phi) is 6.75. The Labute approximate surface area is 203 Å². The van der Waals surface area contributed by atoms with Crippen LogP contribution in [-0.2, 0) is 22.4 Å². The molecule has 0 saturated carbocycles. The number of aliphatic carboxylic acids is 1. The summed E-state index contributed by atoms with van der Waals surface area (Å²) in [5.74, 6) is -1.19. The molecule has 34 heavy (non-hydrogen) atoms. The first-order valence-corrected chi connectivity index (χ1v) is 12.4. The molecule has 178 valence electrons. The summed E-state index contributed by atoms with van der Waals surface area (Å²) in [5.41, 5.74) is 2.37. The molecule has 1 heterocycles. The Morgan fingerprint density at radius 3 is 2.50 bits per heavy atom. The first-order valence-electron chi connectivity index (χ1n) is 11.6. The van der Waals surface area contributed by atoms with Crippen LogP contribution in [0.2, 0.25) is 0 Å². The van der Waals surface area contributed by atoms with E-state index >= 15 is 0 Å². The third-order valence-corrected chi connectivity index (χ3v) is 7.74. The average Bonchev–Trinajstić information content (AvgIpc) is 3.14. The molecule has 0 spiro atoms. The van der Waals surface area contributed by atoms with Gasteiger partial charge in [0.15, 0.2) is 0 Å². The van der Waals surface area contributed by atoms with Crippen molar-refractivity contribution in [3.63, 3.8) is 0 Å². The molecule has 7 heteroatoms. The van der Waals surface area contributed by atoms with Crippen LogP contribution in [0.15, 0.2) is 42.5 Å². The van der Waals surface area contributed by atoms with Crippen molar-refractivity contribution in [2.24, 2.45) is 11.3 Å². The second kappa shape index (κ2) is 9.58. The predicted octanol–water partition coefficient (Wildman–Crippen LogP) is 6.11. The van der Waals surface area contributed by atoms with Gasteiger partial charge in [-0.25, -0.2) is 0 Å². The third-order valence-electron chi connectivity index (χ3n) is 6.57. The van der Waals surface area contributed by atoms with Crippen molar-refractivity contribution in [3.8, 4) is 0 Å². The lowest BCUT2D eigenvalue weighted by atomic mass is 9.72. The molecule has 0 saturated heterocycles. The van der Waals surface area contributed by atoms with Gasteiger partial charge >= 0.3 is 5.97 Å². The molecule has 6 nitrogen and oxygen atoms in total. The first kappa shape index (κ1) is 24.0. The van der Waals surface area contributed by atoms with Crippen molar-refractivity contribution in [2.45, 2.75) is 52.9 Å². The molecule has 0 radical (unpaired) electrons. The number of carbonyl (C=O) groups excluding carboxylic acids is 2. The highest BCUT2D eigenvalue weighted by Crippen LogP contribution is 2.44. The standard InChI is InChI=1S/C27H30N2O4S/c1-27(2,3)17-11-12-19-21(15-17)34-26(29-22(30)13-14-23(31)32)24(19)25(33)28-20-10-6-8-16-7-4-5-9-18(16)20/h4-10,17H,11-15H2,1-3H3,(H,28,33)(H,29,30)(H,31,32). The molecule has 1 atom stereocenters. The Hall–Kier alpha value is -3.19. The van der Waals surface area contributed by atoms with Crippen molar-refractivity contribution in [1.29, 1.82) is 0 Å². The minimum Gasteiger partial charge on any atom is -0.481 e. The Bertz CT molecular complexity index is 1250. The van der Waals surface area contributed by atoms with Crippen LogP contribution in [0.3, 0.4) is 0 Å². The zero-order chi connectivity index (χ0) is 24.5. The van der Waals surface area contributed by atoms with E-state index in [4.69, 9.17) is 5.11 Å². The summed E-state index contributed by atoms with van der Waals surface area (Å²) >= 11 is 1.45. The number of benzene rings is 2. The molecule has 0 fully saturated rings. The second-order valence-corrected chi connectivity index (χ2v) is 11.0. The zero-order valence-electron chi connectivity index (χ0n) is 19.7. The zero-order valence-corrected chi connectivity index (χ0v) is 20.6. The molecule has 1 aromatic heterocycles. The molecular formula is C27H30N2O4S. The van der Waals surface area contributed by atoms with Gasteiger partial charge in [0.05, 0.1) is 12.0 Å². The number of thiophene rings is 1. The highest BCUT2D eigenvalue weighted by Gasteiger charge is 2.34. The summed E-state index contributed by atoms with van der Waals surface area (Å²) in [6, 6.07) is 13.6. The van der Waals surface area contributed by atoms with E-state index in [1.165, 1.54) is 11.3 Å². The van der Waals surface area contributed by atoms with Crippen LogP contribution in [0.1, 0.15) is 60.8 Å². The monoisotopic (exact) mass is 478 g/mol. The number of fused-ring (bicyclic) bond motifs is 2. The smallest absolute Gasteiger partial charge is 0.303 e. The molecular weight excluding hydrogens is 448 g/mol. The molecule has 1 unspecified atom stereocenters. The van der Waals surface area contributed by atoms with Crippen LogP contribution in [0.25, 0.3) is 10.8 Å². The maximum Gasteiger partial charge on any atom is 0.303 e. The molecule has 2 aromatic carbocycles. The number of nitrogens with one attached hydrogen (secondary N) is 2. The topological polar surface area (TPSA) is 95.5 Å². The maximum atomic E-state index is 13.6. The number of carboxylic acids is 1. The highest BCUT2D eigenvalue weighted by atomic mass is 32.1. The Morgan fingerprint density at radius 2 is 1.76 bits per heavy atom. The van der Waals surface area contributed by atoms with E-state index < -0.39 is 11.9 Å². The van der Waals surface area contributed by atoms with Crippen molar-refractivity contribution in [2.75, 3.05) is 10.6 Å². The van der Waals surface area contributed by atoms with E-state index in [-0.39, 0.29) is 24.2 Å². The van der Waals surface area contributed by atoms with Gasteiger partial charge in [0.1, 0.15) is 5.00 Å². The van der Waals surface area contributed by atoms with Gasteiger partial charge in [-0.2, -0.15) is 0 Å². The fourth-order valence-electron chi connectivity index (χ4n) is 4.58. The Morgan fingerprint density at radius 1 is 1.03 bits per heavy atom. The number of amides is 2. The summed E-state index contributed by atoms with van der Waals surface area (Å²) in [6.07, 6.45) is 2.24. The van der Waals surface area contributed by atoms with Crippen LogP contribution >= 0.6 is 11.3 Å². The van der Waals surface area contributed by atoms with Gasteiger partial charge in [0.2, 0.25) is 5.91 Å². The molecule has 3 aromatic rings. The summed E-state index contributed by atoms with van der Waals surface area (Å²) in [5, 5.41) is 17.3. The van der Waals surface area contributed by atoms with E-state index in [1.807, 2.05) is 42.5 Å². The van der Waals surface area contributed by atoms with Gasteiger partial charge in [-0.1, -0.05) is 57.2 Å². The van der Waals surface area contributed by atoms with Crippen molar-refractivity contribution < 1.29 is 19.5 Å². The highest BCUT2D eigenvalue weighted by molar-refractivity contribution is 7.17. The molecule has 1 aliphatic carbocycles. The van der Waals surface area contributed by atoms with E-state index in [2.05, 4.69) is 31.4 Å². The lowest BCUT2D eigenvalue weighted by Gasteiger charge is -2.33. The predicted molar refractivity (Wildman–Crippen MR) is 137 cm³/mol. The lowest BCUT2D eigenvalue weighted by Crippen LogP contribution is -2.27. The second-order valence-electron chi connectivity index (χ2n) is 9.94.